The van der Waals surface area contributed by atoms with Gasteiger partial charge in [0, 0.05) is 10.4 Å². The largest absolute Gasteiger partial charge is 0.478 e. The molecule has 1 N–H and O–H groups in total. The molecular weight excluding hydrogens is 336 g/mol. The number of allylic oxidation sites excluding steroid dienone is 1. The summed E-state index contributed by atoms with van der Waals surface area (Å²) in [6.07, 6.45) is 2.06. The molecular formula is C16H15BrO4. The standard InChI is InChI=1S/C16H15BrO4/c1-9-4-11-8-21-15(20)16(11,6-9)7-10-2-3-12(14(18)19)13(17)5-10/h2-3,5,11H,1,4,6-8H2,(H,18,19). The first-order valence-corrected chi connectivity index (χ1v) is 7.57. The van der Waals surface area contributed by atoms with E-state index in [0.29, 0.717) is 23.9 Å². The molecule has 2 atom stereocenters. The van der Waals surface area contributed by atoms with Crippen molar-refractivity contribution in [3.8, 4) is 0 Å². The van der Waals surface area contributed by atoms with E-state index in [4.69, 9.17) is 9.84 Å². The maximum absolute atomic E-state index is 12.2. The minimum Gasteiger partial charge on any atom is -0.478 e. The lowest BCUT2D eigenvalue weighted by Crippen LogP contribution is -2.31. The first-order valence-electron chi connectivity index (χ1n) is 6.78. The van der Waals surface area contributed by atoms with Gasteiger partial charge in [-0.15, -0.1) is 0 Å². The van der Waals surface area contributed by atoms with E-state index < -0.39 is 11.4 Å². The summed E-state index contributed by atoms with van der Waals surface area (Å²) >= 11 is 3.28. The third-order valence-electron chi connectivity index (χ3n) is 4.49. The van der Waals surface area contributed by atoms with Crippen LogP contribution in [0.5, 0.6) is 0 Å². The summed E-state index contributed by atoms with van der Waals surface area (Å²) in [5, 5.41) is 9.05. The number of esters is 1. The highest BCUT2D eigenvalue weighted by Crippen LogP contribution is 2.52. The Labute approximate surface area is 130 Å². The van der Waals surface area contributed by atoms with Gasteiger partial charge in [0.05, 0.1) is 17.6 Å². The molecule has 1 heterocycles. The Morgan fingerprint density at radius 3 is 2.95 bits per heavy atom. The van der Waals surface area contributed by atoms with E-state index in [-0.39, 0.29) is 17.5 Å². The Kier molecular flexibility index (Phi) is 3.40. The number of hydrogen-bond donors (Lipinski definition) is 1. The number of carboxylic acids is 1. The number of carbonyl (C=O) groups is 2. The van der Waals surface area contributed by atoms with E-state index in [9.17, 15) is 9.59 Å². The van der Waals surface area contributed by atoms with Crippen molar-refractivity contribution in [1.29, 1.82) is 0 Å². The van der Waals surface area contributed by atoms with Crippen LogP contribution in [0, 0.1) is 11.3 Å². The normalized spacial score (nSPS) is 27.6. The van der Waals surface area contributed by atoms with Crippen molar-refractivity contribution in [2.24, 2.45) is 11.3 Å². The van der Waals surface area contributed by atoms with E-state index in [1.807, 2.05) is 0 Å². The summed E-state index contributed by atoms with van der Waals surface area (Å²) in [7, 11) is 0. The van der Waals surface area contributed by atoms with Crippen molar-refractivity contribution < 1.29 is 19.4 Å². The van der Waals surface area contributed by atoms with Crippen molar-refractivity contribution in [3.05, 3.63) is 46.0 Å². The predicted octanol–water partition coefficient (Wildman–Crippen LogP) is 3.20. The van der Waals surface area contributed by atoms with Gasteiger partial charge in [-0.3, -0.25) is 4.79 Å². The van der Waals surface area contributed by atoms with Crippen LogP contribution in [0.25, 0.3) is 0 Å². The number of ether oxygens (including phenoxy) is 1. The number of carbonyl (C=O) groups excluding carboxylic acids is 1. The number of benzene rings is 1. The van der Waals surface area contributed by atoms with Crippen LogP contribution < -0.4 is 0 Å². The van der Waals surface area contributed by atoms with Gasteiger partial charge in [-0.2, -0.15) is 0 Å². The van der Waals surface area contributed by atoms with Crippen molar-refractivity contribution >= 4 is 27.9 Å². The van der Waals surface area contributed by atoms with Crippen LogP contribution in [0.15, 0.2) is 34.8 Å². The number of aromatic carboxylic acids is 1. The molecule has 21 heavy (non-hydrogen) atoms. The van der Waals surface area contributed by atoms with Gasteiger partial charge >= 0.3 is 11.9 Å². The SMILES string of the molecule is C=C1CC2COC(=O)C2(Cc2ccc(C(=O)O)c(Br)c2)C1. The van der Waals surface area contributed by atoms with Crippen LogP contribution in [0.3, 0.4) is 0 Å². The summed E-state index contributed by atoms with van der Waals surface area (Å²) < 4.78 is 5.78. The van der Waals surface area contributed by atoms with Crippen LogP contribution in [-0.4, -0.2) is 23.7 Å². The minimum atomic E-state index is -0.973. The topological polar surface area (TPSA) is 63.6 Å². The summed E-state index contributed by atoms with van der Waals surface area (Å²) in [6, 6.07) is 5.12. The molecule has 1 aromatic rings. The highest BCUT2D eigenvalue weighted by molar-refractivity contribution is 9.10. The van der Waals surface area contributed by atoms with Crippen LogP contribution in [-0.2, 0) is 16.0 Å². The zero-order valence-electron chi connectivity index (χ0n) is 11.4. The molecule has 0 aromatic heterocycles. The molecule has 0 radical (unpaired) electrons. The number of carboxylic acid groups (broad SMARTS) is 1. The molecule has 0 bridgehead atoms. The summed E-state index contributed by atoms with van der Waals surface area (Å²) in [5.74, 6) is -0.931. The van der Waals surface area contributed by atoms with E-state index in [1.54, 1.807) is 18.2 Å². The molecule has 110 valence electrons. The predicted molar refractivity (Wildman–Crippen MR) is 80.1 cm³/mol. The minimum absolute atomic E-state index is 0.149. The van der Waals surface area contributed by atoms with Crippen LogP contribution in [0.4, 0.5) is 0 Å². The highest BCUT2D eigenvalue weighted by atomic mass is 79.9. The molecule has 3 rings (SSSR count). The number of hydrogen-bond acceptors (Lipinski definition) is 3. The third-order valence-corrected chi connectivity index (χ3v) is 5.14. The molecule has 2 unspecified atom stereocenters. The molecule has 1 saturated heterocycles. The van der Waals surface area contributed by atoms with Gasteiger partial charge in [0.15, 0.2) is 0 Å². The Morgan fingerprint density at radius 1 is 1.52 bits per heavy atom. The fraction of sp³-hybridized carbons (Fsp3) is 0.375. The summed E-state index contributed by atoms with van der Waals surface area (Å²) in [5.41, 5.74) is 1.74. The average Bonchev–Trinajstić information content (AvgIpc) is 2.85. The second-order valence-corrected chi connectivity index (χ2v) is 6.73. The molecule has 5 heteroatoms. The molecule has 4 nitrogen and oxygen atoms in total. The first-order chi connectivity index (χ1) is 9.92. The third kappa shape index (κ3) is 2.29. The number of halogens is 1. The quantitative estimate of drug-likeness (QED) is 0.671. The van der Waals surface area contributed by atoms with E-state index >= 15 is 0 Å². The fourth-order valence-corrected chi connectivity index (χ4v) is 4.06. The molecule has 1 aliphatic heterocycles. The number of rotatable bonds is 3. The van der Waals surface area contributed by atoms with Crippen LogP contribution in [0.2, 0.25) is 0 Å². The van der Waals surface area contributed by atoms with Gasteiger partial charge in [-0.05, 0) is 52.9 Å². The van der Waals surface area contributed by atoms with Gasteiger partial charge in [-0.25, -0.2) is 4.79 Å². The van der Waals surface area contributed by atoms with Gasteiger partial charge in [-0.1, -0.05) is 18.2 Å². The zero-order chi connectivity index (χ0) is 15.2. The smallest absolute Gasteiger partial charge is 0.336 e. The summed E-state index contributed by atoms with van der Waals surface area (Å²) in [4.78, 5) is 23.3. The Morgan fingerprint density at radius 2 is 2.29 bits per heavy atom. The van der Waals surface area contributed by atoms with Crippen molar-refractivity contribution in [2.45, 2.75) is 19.3 Å². The number of fused-ring (bicyclic) bond motifs is 1. The first kappa shape index (κ1) is 14.3. The Hall–Kier alpha value is -1.62. The highest BCUT2D eigenvalue weighted by Gasteiger charge is 2.55. The van der Waals surface area contributed by atoms with Crippen LogP contribution in [0.1, 0.15) is 28.8 Å². The maximum atomic E-state index is 12.2. The molecule has 2 fully saturated rings. The fourth-order valence-electron chi connectivity index (χ4n) is 3.47. The van der Waals surface area contributed by atoms with Crippen molar-refractivity contribution in [3.63, 3.8) is 0 Å². The van der Waals surface area contributed by atoms with Gasteiger partial charge in [0.1, 0.15) is 0 Å². The summed E-state index contributed by atoms with van der Waals surface area (Å²) in [6.45, 7) is 4.48. The van der Waals surface area contributed by atoms with Gasteiger partial charge in [0.2, 0.25) is 0 Å². The molecule has 0 amide bonds. The second kappa shape index (κ2) is 4.98. The average molecular weight is 351 g/mol. The Balaban J connectivity index is 1.92. The Bertz CT molecular complexity index is 652. The lowest BCUT2D eigenvalue weighted by atomic mass is 9.75. The molecule has 1 aromatic carbocycles. The maximum Gasteiger partial charge on any atom is 0.336 e. The molecule has 2 aliphatic rings. The second-order valence-electron chi connectivity index (χ2n) is 5.88. The van der Waals surface area contributed by atoms with E-state index in [1.165, 1.54) is 0 Å². The van der Waals surface area contributed by atoms with E-state index in [0.717, 1.165) is 17.6 Å². The van der Waals surface area contributed by atoms with Crippen LogP contribution >= 0.6 is 15.9 Å². The lowest BCUT2D eigenvalue weighted by Gasteiger charge is -2.24. The van der Waals surface area contributed by atoms with Crippen molar-refractivity contribution in [1.82, 2.24) is 0 Å². The zero-order valence-corrected chi connectivity index (χ0v) is 13.0. The lowest BCUT2D eigenvalue weighted by molar-refractivity contribution is -0.146. The van der Waals surface area contributed by atoms with Crippen molar-refractivity contribution in [2.75, 3.05) is 6.61 Å². The van der Waals surface area contributed by atoms with Gasteiger partial charge in [0.25, 0.3) is 0 Å². The molecule has 1 aliphatic carbocycles. The molecule has 1 saturated carbocycles. The van der Waals surface area contributed by atoms with Gasteiger partial charge < -0.3 is 9.84 Å². The number of cyclic esters (lactones) is 1. The van der Waals surface area contributed by atoms with E-state index in [2.05, 4.69) is 22.5 Å². The molecule has 0 spiro atoms. The monoisotopic (exact) mass is 350 g/mol.